The van der Waals surface area contributed by atoms with Gasteiger partial charge < -0.3 is 24.8 Å². The first kappa shape index (κ1) is 22.1. The van der Waals surface area contributed by atoms with Gasteiger partial charge in [-0.2, -0.15) is 0 Å². The molecule has 2 aromatic rings. The molecule has 2 aliphatic heterocycles. The number of amides is 2. The Morgan fingerprint density at radius 3 is 2.56 bits per heavy atom. The van der Waals surface area contributed by atoms with Crippen molar-refractivity contribution in [2.45, 2.75) is 20.3 Å². The van der Waals surface area contributed by atoms with E-state index in [1.807, 2.05) is 37.3 Å². The van der Waals surface area contributed by atoms with Crippen LogP contribution in [0.1, 0.15) is 18.9 Å². The fourth-order valence-electron chi connectivity index (χ4n) is 4.45. The van der Waals surface area contributed by atoms with Gasteiger partial charge in [0, 0.05) is 62.3 Å². The fourth-order valence-corrected chi connectivity index (χ4v) is 4.45. The standard InChI is InChI=1S/C25H32N4O3/c1-4-27-10-12-28(13-11-27)20-8-9-23(18(2)14-20)26-25(31)19-15-24(30)29(17-19)21-6-5-7-22(16-21)32-3/h5-9,14,16,19H,4,10-13,15,17H2,1-3H3,(H,26,31). The van der Waals surface area contributed by atoms with E-state index in [1.54, 1.807) is 12.0 Å². The molecule has 1 atom stereocenters. The molecule has 1 N–H and O–H groups in total. The summed E-state index contributed by atoms with van der Waals surface area (Å²) in [6.07, 6.45) is 0.210. The van der Waals surface area contributed by atoms with Crippen LogP contribution in [0.4, 0.5) is 17.1 Å². The molecule has 4 rings (SSSR count). The molecule has 0 spiro atoms. The number of methoxy groups -OCH3 is 1. The van der Waals surface area contributed by atoms with Gasteiger partial charge in [-0.05, 0) is 49.4 Å². The maximum absolute atomic E-state index is 12.9. The molecule has 32 heavy (non-hydrogen) atoms. The quantitative estimate of drug-likeness (QED) is 0.754. The summed E-state index contributed by atoms with van der Waals surface area (Å²) in [5.41, 5.74) is 3.78. The number of carbonyl (C=O) groups is 2. The first-order valence-corrected chi connectivity index (χ1v) is 11.3. The van der Waals surface area contributed by atoms with Crippen LogP contribution in [-0.4, -0.2) is 63.1 Å². The summed E-state index contributed by atoms with van der Waals surface area (Å²) in [7, 11) is 1.60. The van der Waals surface area contributed by atoms with Gasteiger partial charge in [-0.25, -0.2) is 0 Å². The van der Waals surface area contributed by atoms with E-state index in [-0.39, 0.29) is 24.2 Å². The average molecular weight is 437 g/mol. The van der Waals surface area contributed by atoms with Gasteiger partial charge in [-0.3, -0.25) is 9.59 Å². The number of hydrogen-bond donors (Lipinski definition) is 1. The number of hydrogen-bond acceptors (Lipinski definition) is 5. The van der Waals surface area contributed by atoms with Crippen molar-refractivity contribution >= 4 is 28.9 Å². The Morgan fingerprint density at radius 1 is 1.09 bits per heavy atom. The molecule has 2 fully saturated rings. The van der Waals surface area contributed by atoms with Gasteiger partial charge in [0.15, 0.2) is 0 Å². The smallest absolute Gasteiger partial charge is 0.229 e. The van der Waals surface area contributed by atoms with Crippen molar-refractivity contribution in [3.8, 4) is 5.75 Å². The summed E-state index contributed by atoms with van der Waals surface area (Å²) >= 11 is 0. The lowest BCUT2D eigenvalue weighted by Crippen LogP contribution is -2.46. The Balaban J connectivity index is 1.39. The van der Waals surface area contributed by atoms with E-state index >= 15 is 0 Å². The molecule has 2 amide bonds. The zero-order valence-corrected chi connectivity index (χ0v) is 19.1. The number of nitrogens with one attached hydrogen (secondary N) is 1. The molecule has 7 heteroatoms. The van der Waals surface area contributed by atoms with Gasteiger partial charge in [-0.1, -0.05) is 13.0 Å². The molecule has 170 valence electrons. The Morgan fingerprint density at radius 2 is 1.88 bits per heavy atom. The van der Waals surface area contributed by atoms with Gasteiger partial charge in [0.05, 0.1) is 13.0 Å². The second-order valence-electron chi connectivity index (χ2n) is 8.52. The third kappa shape index (κ3) is 4.72. The number of piperazine rings is 1. The van der Waals surface area contributed by atoms with Crippen LogP contribution in [0.5, 0.6) is 5.75 Å². The largest absolute Gasteiger partial charge is 0.497 e. The molecule has 1 unspecified atom stereocenters. The van der Waals surface area contributed by atoms with Crippen molar-refractivity contribution in [3.63, 3.8) is 0 Å². The van der Waals surface area contributed by atoms with Gasteiger partial charge >= 0.3 is 0 Å². The van der Waals surface area contributed by atoms with Crippen molar-refractivity contribution in [2.24, 2.45) is 5.92 Å². The Kier molecular flexibility index (Phi) is 6.65. The van der Waals surface area contributed by atoms with E-state index in [0.717, 1.165) is 49.7 Å². The fraction of sp³-hybridized carbons (Fsp3) is 0.440. The maximum atomic E-state index is 12.9. The maximum Gasteiger partial charge on any atom is 0.229 e. The number of aryl methyl sites for hydroxylation is 1. The number of ether oxygens (including phenoxy) is 1. The Labute approximate surface area is 189 Å². The molecule has 0 radical (unpaired) electrons. The Hall–Kier alpha value is -3.06. The highest BCUT2D eigenvalue weighted by Crippen LogP contribution is 2.29. The van der Waals surface area contributed by atoms with Crippen LogP contribution >= 0.6 is 0 Å². The van der Waals surface area contributed by atoms with Gasteiger partial charge in [0.25, 0.3) is 0 Å². The SMILES string of the molecule is CCN1CCN(c2ccc(NC(=O)C3CC(=O)N(c4cccc(OC)c4)C3)c(C)c2)CC1. The molecule has 0 aromatic heterocycles. The number of benzene rings is 2. The number of likely N-dealkylation sites (N-methyl/N-ethyl adjacent to an activating group) is 1. The zero-order valence-electron chi connectivity index (χ0n) is 19.1. The summed E-state index contributed by atoms with van der Waals surface area (Å²) in [5.74, 6) is 0.151. The van der Waals surface area contributed by atoms with Gasteiger partial charge in [-0.15, -0.1) is 0 Å². The summed E-state index contributed by atoms with van der Waals surface area (Å²) in [4.78, 5) is 32.0. The average Bonchev–Trinajstić information content (AvgIpc) is 3.22. The highest BCUT2D eigenvalue weighted by Gasteiger charge is 2.35. The lowest BCUT2D eigenvalue weighted by Gasteiger charge is -2.35. The van der Waals surface area contributed by atoms with Gasteiger partial charge in [0.1, 0.15) is 5.75 Å². The van der Waals surface area contributed by atoms with Crippen molar-refractivity contribution < 1.29 is 14.3 Å². The molecule has 2 heterocycles. The van der Waals surface area contributed by atoms with Crippen LogP contribution in [-0.2, 0) is 9.59 Å². The summed E-state index contributed by atoms with van der Waals surface area (Å²) < 4.78 is 5.26. The number of anilines is 3. The van der Waals surface area contributed by atoms with Crippen LogP contribution in [0.25, 0.3) is 0 Å². The minimum Gasteiger partial charge on any atom is -0.497 e. The van der Waals surface area contributed by atoms with Crippen LogP contribution < -0.4 is 19.9 Å². The topological polar surface area (TPSA) is 65.1 Å². The highest BCUT2D eigenvalue weighted by atomic mass is 16.5. The lowest BCUT2D eigenvalue weighted by atomic mass is 10.1. The normalized spacial score (nSPS) is 19.3. The van der Waals surface area contributed by atoms with Crippen LogP contribution in [0.3, 0.4) is 0 Å². The summed E-state index contributed by atoms with van der Waals surface area (Å²) in [6, 6.07) is 13.6. The minimum atomic E-state index is -0.380. The first-order chi connectivity index (χ1) is 15.5. The molecule has 0 saturated carbocycles. The van der Waals surface area contributed by atoms with E-state index in [9.17, 15) is 9.59 Å². The van der Waals surface area contributed by atoms with Crippen LogP contribution in [0.2, 0.25) is 0 Å². The molecule has 7 nitrogen and oxygen atoms in total. The van der Waals surface area contributed by atoms with E-state index in [4.69, 9.17) is 4.74 Å². The third-order valence-electron chi connectivity index (χ3n) is 6.51. The molecule has 0 aliphatic carbocycles. The summed E-state index contributed by atoms with van der Waals surface area (Å²) in [6.45, 7) is 9.87. The first-order valence-electron chi connectivity index (χ1n) is 11.3. The predicted octanol–water partition coefficient (Wildman–Crippen LogP) is 3.14. The minimum absolute atomic E-state index is 0.0447. The molecular formula is C25H32N4O3. The zero-order chi connectivity index (χ0) is 22.7. The molecule has 0 bridgehead atoms. The second kappa shape index (κ2) is 9.61. The lowest BCUT2D eigenvalue weighted by molar-refractivity contribution is -0.122. The van der Waals surface area contributed by atoms with Crippen molar-refractivity contribution in [2.75, 3.05) is 61.5 Å². The predicted molar refractivity (Wildman–Crippen MR) is 128 cm³/mol. The molecular weight excluding hydrogens is 404 g/mol. The highest BCUT2D eigenvalue weighted by molar-refractivity contribution is 6.03. The number of rotatable bonds is 6. The molecule has 2 saturated heterocycles. The van der Waals surface area contributed by atoms with Crippen molar-refractivity contribution in [1.29, 1.82) is 0 Å². The van der Waals surface area contributed by atoms with E-state index in [0.29, 0.717) is 12.3 Å². The van der Waals surface area contributed by atoms with Gasteiger partial charge in [0.2, 0.25) is 11.8 Å². The van der Waals surface area contributed by atoms with Crippen molar-refractivity contribution in [3.05, 3.63) is 48.0 Å². The number of carbonyl (C=O) groups excluding carboxylic acids is 2. The summed E-state index contributed by atoms with van der Waals surface area (Å²) in [5, 5.41) is 3.04. The third-order valence-corrected chi connectivity index (χ3v) is 6.51. The van der Waals surface area contributed by atoms with Crippen LogP contribution in [0.15, 0.2) is 42.5 Å². The van der Waals surface area contributed by atoms with Crippen LogP contribution in [0, 0.1) is 12.8 Å². The van der Waals surface area contributed by atoms with Crippen molar-refractivity contribution in [1.82, 2.24) is 4.90 Å². The van der Waals surface area contributed by atoms with E-state index in [2.05, 4.69) is 34.2 Å². The second-order valence-corrected chi connectivity index (χ2v) is 8.52. The monoisotopic (exact) mass is 436 g/mol. The van der Waals surface area contributed by atoms with E-state index < -0.39 is 0 Å². The molecule has 2 aliphatic rings. The Bertz CT molecular complexity index is 985. The molecule has 2 aromatic carbocycles. The number of nitrogens with zero attached hydrogens (tertiary/aromatic N) is 3. The van der Waals surface area contributed by atoms with E-state index in [1.165, 1.54) is 5.69 Å².